The molecule has 1 atom stereocenters. The number of hydrogen-bond donors (Lipinski definition) is 4. The summed E-state index contributed by atoms with van der Waals surface area (Å²) in [4.78, 5) is 21.6. The third-order valence-electron chi connectivity index (χ3n) is 9.94. The number of nitrogens with zero attached hydrogens (tertiary/aromatic N) is 4. The largest absolute Gasteiger partial charge is 0.355 e. The first-order chi connectivity index (χ1) is 25.2. The number of hydrogen-bond acceptors (Lipinski definition) is 6. The summed E-state index contributed by atoms with van der Waals surface area (Å²) >= 11 is 1.75. The van der Waals surface area contributed by atoms with Gasteiger partial charge in [-0.25, -0.2) is 9.97 Å². The first kappa shape index (κ1) is 28.2. The highest BCUT2D eigenvalue weighted by atomic mass is 32.1. The van der Waals surface area contributed by atoms with Gasteiger partial charge in [0.25, 0.3) is 0 Å². The molecule has 0 amide bonds. The summed E-state index contributed by atoms with van der Waals surface area (Å²) < 4.78 is 1.20. The lowest BCUT2D eigenvalue weighted by atomic mass is 9.97. The molecule has 10 aromatic rings. The predicted octanol–water partition coefficient (Wildman–Crippen LogP) is 9.52. The molecule has 1 aliphatic heterocycles. The van der Waals surface area contributed by atoms with Crippen LogP contribution in [-0.4, -0.2) is 30.1 Å². The van der Waals surface area contributed by atoms with E-state index < -0.39 is 5.66 Å². The number of para-hydroxylation sites is 5. The van der Waals surface area contributed by atoms with E-state index in [1.165, 1.54) is 10.1 Å². The molecule has 0 spiro atoms. The number of imidazole rings is 1. The molecule has 0 fully saturated rings. The highest BCUT2D eigenvalue weighted by molar-refractivity contribution is 7.20. The van der Waals surface area contributed by atoms with Crippen molar-refractivity contribution in [3.05, 3.63) is 168 Å². The Hall–Kier alpha value is -6.71. The molecule has 1 aliphatic rings. The molecule has 5 aromatic carbocycles. The fourth-order valence-electron chi connectivity index (χ4n) is 7.57. The molecule has 0 aliphatic carbocycles. The van der Waals surface area contributed by atoms with Crippen molar-refractivity contribution in [2.45, 2.75) is 5.66 Å². The molecule has 8 nitrogen and oxygen atoms in total. The van der Waals surface area contributed by atoms with Gasteiger partial charge in [0.15, 0.2) is 11.6 Å². The maximum atomic E-state index is 5.44. The highest BCUT2D eigenvalue weighted by Crippen LogP contribution is 2.52. The standard InChI is InChI=1S/C42H28N8S/c1-5-15-29-25(11-1)21-22-36(43-29)42(37-24-26-12-2-6-16-30(26)44-37)47-38(35-23-27-13-3-10-20-34(27)51-35)39(40-45-32-18-8-9-19-33(32)46-40)50(42)41-28-14-4-7-17-31(28)48-49-41/h1-24,44,47H,(H,45,46)(H,48,49). The van der Waals surface area contributed by atoms with Gasteiger partial charge in [-0.15, -0.1) is 11.3 Å². The predicted molar refractivity (Wildman–Crippen MR) is 207 cm³/mol. The van der Waals surface area contributed by atoms with E-state index in [1.54, 1.807) is 11.3 Å². The minimum atomic E-state index is -1.10. The van der Waals surface area contributed by atoms with Crippen LogP contribution in [0, 0.1) is 0 Å². The quantitative estimate of drug-likeness (QED) is 0.146. The normalized spacial score (nSPS) is 16.4. The average Bonchev–Trinajstić information content (AvgIpc) is 4.01. The highest BCUT2D eigenvalue weighted by Gasteiger charge is 2.54. The molecule has 0 saturated heterocycles. The maximum Gasteiger partial charge on any atom is 0.202 e. The smallest absolute Gasteiger partial charge is 0.202 e. The number of aromatic nitrogens is 6. The molecule has 1 unspecified atom stereocenters. The summed E-state index contributed by atoms with van der Waals surface area (Å²) in [7, 11) is 0. The minimum Gasteiger partial charge on any atom is -0.355 e. The molecule has 11 rings (SSSR count). The summed E-state index contributed by atoms with van der Waals surface area (Å²) in [6.45, 7) is 0. The maximum absolute atomic E-state index is 5.44. The second kappa shape index (κ2) is 10.6. The first-order valence-corrected chi connectivity index (χ1v) is 17.7. The number of aromatic amines is 3. The van der Waals surface area contributed by atoms with Crippen LogP contribution >= 0.6 is 11.3 Å². The summed E-state index contributed by atoms with van der Waals surface area (Å²) in [5.41, 5.74) is 7.13. The van der Waals surface area contributed by atoms with E-state index in [0.29, 0.717) is 0 Å². The second-order valence-electron chi connectivity index (χ2n) is 12.9. The zero-order valence-electron chi connectivity index (χ0n) is 27.1. The van der Waals surface area contributed by atoms with Crippen LogP contribution in [0.15, 0.2) is 146 Å². The van der Waals surface area contributed by atoms with Crippen LogP contribution in [0.2, 0.25) is 0 Å². The van der Waals surface area contributed by atoms with E-state index in [0.717, 1.165) is 83.0 Å². The van der Waals surface area contributed by atoms with E-state index in [1.807, 2.05) is 36.4 Å². The van der Waals surface area contributed by atoms with E-state index >= 15 is 0 Å². The van der Waals surface area contributed by atoms with E-state index in [9.17, 15) is 0 Å². The van der Waals surface area contributed by atoms with Crippen LogP contribution in [0.3, 0.4) is 0 Å². The number of benzene rings is 5. The number of anilines is 1. The molecule has 242 valence electrons. The van der Waals surface area contributed by atoms with E-state index in [2.05, 4.69) is 134 Å². The van der Waals surface area contributed by atoms with Crippen molar-refractivity contribution in [3.63, 3.8) is 0 Å². The van der Waals surface area contributed by atoms with Gasteiger partial charge in [0.05, 0.1) is 44.0 Å². The van der Waals surface area contributed by atoms with Crippen LogP contribution in [0.25, 0.3) is 65.2 Å². The van der Waals surface area contributed by atoms with Crippen molar-refractivity contribution in [2.75, 3.05) is 4.90 Å². The molecule has 0 radical (unpaired) electrons. The Labute approximate surface area is 295 Å². The van der Waals surface area contributed by atoms with E-state index in [-0.39, 0.29) is 0 Å². The molecule has 9 heteroatoms. The SMILES string of the molecule is c1ccc2nc(C3(c4cc5ccccc5[nH]4)NC(c4cc5ccccc5s4)=C(c4nc5ccccc5[nH]4)N3c3n[nH]c4ccccc34)ccc2c1. The zero-order chi connectivity index (χ0) is 33.5. The molecule has 51 heavy (non-hydrogen) atoms. The summed E-state index contributed by atoms with van der Waals surface area (Å²) in [6, 6.07) is 50.4. The zero-order valence-corrected chi connectivity index (χ0v) is 27.9. The average molecular weight is 677 g/mol. The first-order valence-electron chi connectivity index (χ1n) is 16.9. The number of thiophene rings is 1. The minimum absolute atomic E-state index is 0.724. The number of pyridine rings is 1. The van der Waals surface area contributed by atoms with Crippen LogP contribution in [0.5, 0.6) is 0 Å². The number of fused-ring (bicyclic) bond motifs is 5. The van der Waals surface area contributed by atoms with Gasteiger partial charge in [-0.05, 0) is 71.4 Å². The van der Waals surface area contributed by atoms with Crippen molar-refractivity contribution in [1.29, 1.82) is 0 Å². The molecular formula is C42H28N8S. The summed E-state index contributed by atoms with van der Waals surface area (Å²) in [6.07, 6.45) is 0. The lowest BCUT2D eigenvalue weighted by molar-refractivity contribution is 0.474. The van der Waals surface area contributed by atoms with Crippen molar-refractivity contribution < 1.29 is 0 Å². The topological polar surface area (TPSA) is 101 Å². The number of rotatable bonds is 5. The third-order valence-corrected chi connectivity index (χ3v) is 11.1. The summed E-state index contributed by atoms with van der Waals surface area (Å²) in [5.74, 6) is 1.47. The Bertz CT molecular complexity index is 2900. The Kier molecular flexibility index (Phi) is 5.88. The molecule has 5 aromatic heterocycles. The number of H-pyrrole nitrogens is 3. The van der Waals surface area contributed by atoms with Gasteiger partial charge in [0.1, 0.15) is 5.70 Å². The van der Waals surface area contributed by atoms with Crippen molar-refractivity contribution in [1.82, 2.24) is 35.5 Å². The van der Waals surface area contributed by atoms with Crippen molar-refractivity contribution >= 4 is 82.4 Å². The number of nitrogens with one attached hydrogen (secondary N) is 4. The van der Waals surface area contributed by atoms with Crippen molar-refractivity contribution in [3.8, 4) is 0 Å². The fraction of sp³-hybridized carbons (Fsp3) is 0.0238. The second-order valence-corrected chi connectivity index (χ2v) is 14.0. The van der Waals surface area contributed by atoms with Crippen LogP contribution in [-0.2, 0) is 5.66 Å². The van der Waals surface area contributed by atoms with E-state index in [4.69, 9.17) is 15.1 Å². The van der Waals surface area contributed by atoms with Gasteiger partial charge in [0.2, 0.25) is 5.66 Å². The fourth-order valence-corrected chi connectivity index (χ4v) is 8.64. The van der Waals surface area contributed by atoms with Gasteiger partial charge < -0.3 is 15.3 Å². The van der Waals surface area contributed by atoms with Gasteiger partial charge in [-0.1, -0.05) is 84.9 Å². The van der Waals surface area contributed by atoms with Crippen LogP contribution in [0.4, 0.5) is 5.82 Å². The molecule has 6 heterocycles. The molecular weight excluding hydrogens is 649 g/mol. The monoisotopic (exact) mass is 676 g/mol. The summed E-state index contributed by atoms with van der Waals surface area (Å²) in [5, 5.41) is 16.9. The van der Waals surface area contributed by atoms with Gasteiger partial charge in [-0.3, -0.25) is 10.00 Å². The molecule has 4 N–H and O–H groups in total. The lowest BCUT2D eigenvalue weighted by Gasteiger charge is -2.39. The Balaban J connectivity index is 1.30. The van der Waals surface area contributed by atoms with Gasteiger partial charge in [-0.2, -0.15) is 5.10 Å². The van der Waals surface area contributed by atoms with Crippen molar-refractivity contribution in [2.24, 2.45) is 0 Å². The van der Waals surface area contributed by atoms with Crippen LogP contribution in [0.1, 0.15) is 22.1 Å². The molecule has 0 saturated carbocycles. The Morgan fingerprint density at radius 3 is 2.16 bits per heavy atom. The van der Waals surface area contributed by atoms with Gasteiger partial charge in [0, 0.05) is 21.0 Å². The molecule has 0 bridgehead atoms. The third kappa shape index (κ3) is 4.15. The van der Waals surface area contributed by atoms with Crippen LogP contribution < -0.4 is 10.2 Å². The Morgan fingerprint density at radius 2 is 1.31 bits per heavy atom. The van der Waals surface area contributed by atoms with Gasteiger partial charge >= 0.3 is 0 Å². The Morgan fingerprint density at radius 1 is 0.588 bits per heavy atom. The lowest BCUT2D eigenvalue weighted by Crippen LogP contribution is -2.52.